The molecule has 0 aliphatic rings. The van der Waals surface area contributed by atoms with Crippen LogP contribution in [0.15, 0.2) is 35.4 Å². The Bertz CT molecular complexity index is 570. The summed E-state index contributed by atoms with van der Waals surface area (Å²) in [4.78, 5) is 10.1. The van der Waals surface area contributed by atoms with Crippen molar-refractivity contribution in [2.75, 3.05) is 0 Å². The van der Waals surface area contributed by atoms with Gasteiger partial charge in [-0.1, -0.05) is 17.7 Å². The molecule has 1 aromatic heterocycles. The summed E-state index contributed by atoms with van der Waals surface area (Å²) in [5, 5.41) is -0.0431. The van der Waals surface area contributed by atoms with Crippen LogP contribution in [0.2, 0.25) is 0 Å². The van der Waals surface area contributed by atoms with Gasteiger partial charge in [0.1, 0.15) is 5.82 Å². The van der Waals surface area contributed by atoms with E-state index in [9.17, 15) is 0 Å². The highest BCUT2D eigenvalue weighted by Crippen LogP contribution is 2.24. The Labute approximate surface area is 123 Å². The molecule has 2 nitrogen and oxygen atoms in total. The minimum atomic E-state index is -0.0431. The van der Waals surface area contributed by atoms with Gasteiger partial charge in [0.2, 0.25) is 0 Å². The Kier molecular flexibility index (Phi) is 4.83. The summed E-state index contributed by atoms with van der Waals surface area (Å²) in [6, 6.07) is 8.45. The smallest absolute Gasteiger partial charge is 0.138 e. The number of hydrogen-bond donors (Lipinski definition) is 0. The number of benzene rings is 1. The van der Waals surface area contributed by atoms with Crippen LogP contribution in [0.4, 0.5) is 0 Å². The predicted molar refractivity (Wildman–Crippen MR) is 81.8 cm³/mol. The zero-order valence-corrected chi connectivity index (χ0v) is 12.9. The van der Waals surface area contributed by atoms with Crippen molar-refractivity contribution in [3.63, 3.8) is 0 Å². The molecule has 1 heterocycles. The molecule has 0 saturated heterocycles. The van der Waals surface area contributed by atoms with E-state index in [-0.39, 0.29) is 5.38 Å². The molecule has 19 heavy (non-hydrogen) atoms. The number of halogens is 1. The van der Waals surface area contributed by atoms with Gasteiger partial charge in [-0.2, -0.15) is 0 Å². The van der Waals surface area contributed by atoms with Crippen molar-refractivity contribution in [3.05, 3.63) is 53.1 Å². The summed E-state index contributed by atoms with van der Waals surface area (Å²) >= 11 is 7.82. The molecule has 1 atom stereocenters. The molecule has 4 heteroatoms. The van der Waals surface area contributed by atoms with E-state index in [1.165, 1.54) is 10.5 Å². The monoisotopic (exact) mass is 292 g/mol. The molecule has 0 N–H and O–H groups in total. The average Bonchev–Trinajstić information content (AvgIpc) is 2.36. The number of nitrogens with zero attached hydrogens (tertiary/aromatic N) is 2. The van der Waals surface area contributed by atoms with Gasteiger partial charge >= 0.3 is 0 Å². The molecule has 2 rings (SSSR count). The van der Waals surface area contributed by atoms with Crippen LogP contribution < -0.4 is 0 Å². The van der Waals surface area contributed by atoms with Crippen LogP contribution in [0.3, 0.4) is 0 Å². The fraction of sp³-hybridized carbons (Fsp3) is 0.333. The summed E-state index contributed by atoms with van der Waals surface area (Å²) in [6.45, 7) is 6.02. The minimum absolute atomic E-state index is 0.0431. The van der Waals surface area contributed by atoms with Gasteiger partial charge in [-0.15, -0.1) is 23.4 Å². The van der Waals surface area contributed by atoms with E-state index in [0.29, 0.717) is 0 Å². The maximum absolute atomic E-state index is 6.07. The van der Waals surface area contributed by atoms with E-state index in [0.717, 1.165) is 22.8 Å². The number of rotatable bonds is 4. The molecule has 100 valence electrons. The number of alkyl halides is 1. The van der Waals surface area contributed by atoms with Crippen LogP contribution >= 0.6 is 23.4 Å². The summed E-state index contributed by atoms with van der Waals surface area (Å²) < 4.78 is 0. The Balaban J connectivity index is 2.06. The average molecular weight is 293 g/mol. The zero-order valence-electron chi connectivity index (χ0n) is 11.4. The van der Waals surface area contributed by atoms with Crippen LogP contribution in [-0.4, -0.2) is 9.97 Å². The molecular weight excluding hydrogens is 276 g/mol. The SMILES string of the molecule is Cc1cccc(SCc2ncc(C(C)Cl)c(C)n2)c1. The Morgan fingerprint density at radius 1 is 1.32 bits per heavy atom. The summed E-state index contributed by atoms with van der Waals surface area (Å²) in [6.07, 6.45) is 1.84. The summed E-state index contributed by atoms with van der Waals surface area (Å²) in [5.41, 5.74) is 3.25. The first-order valence-corrected chi connectivity index (χ1v) is 7.64. The molecule has 0 radical (unpaired) electrons. The Morgan fingerprint density at radius 3 is 2.74 bits per heavy atom. The van der Waals surface area contributed by atoms with Gasteiger partial charge in [0.05, 0.1) is 11.1 Å². The van der Waals surface area contributed by atoms with E-state index < -0.39 is 0 Å². The second-order valence-electron chi connectivity index (χ2n) is 4.55. The van der Waals surface area contributed by atoms with Gasteiger partial charge < -0.3 is 0 Å². The Hall–Kier alpha value is -1.06. The van der Waals surface area contributed by atoms with Gasteiger partial charge in [-0.3, -0.25) is 0 Å². The number of thioether (sulfide) groups is 1. The van der Waals surface area contributed by atoms with Crippen molar-refractivity contribution in [3.8, 4) is 0 Å². The molecule has 0 saturated carbocycles. The van der Waals surface area contributed by atoms with Gasteiger partial charge in [0.15, 0.2) is 0 Å². The highest BCUT2D eigenvalue weighted by atomic mass is 35.5. The first kappa shape index (κ1) is 14.4. The third-order valence-electron chi connectivity index (χ3n) is 2.85. The molecule has 0 spiro atoms. The minimum Gasteiger partial charge on any atom is -0.240 e. The quantitative estimate of drug-likeness (QED) is 0.604. The van der Waals surface area contributed by atoms with Crippen LogP contribution in [0.1, 0.15) is 34.9 Å². The molecule has 0 bridgehead atoms. The molecule has 0 fully saturated rings. The van der Waals surface area contributed by atoms with Crippen molar-refractivity contribution in [2.24, 2.45) is 0 Å². The Morgan fingerprint density at radius 2 is 2.11 bits per heavy atom. The van der Waals surface area contributed by atoms with E-state index in [1.807, 2.05) is 20.0 Å². The normalized spacial score (nSPS) is 12.4. The van der Waals surface area contributed by atoms with Crippen molar-refractivity contribution in [2.45, 2.75) is 36.8 Å². The van der Waals surface area contributed by atoms with Gasteiger partial charge in [0.25, 0.3) is 0 Å². The van der Waals surface area contributed by atoms with Crippen molar-refractivity contribution >= 4 is 23.4 Å². The van der Waals surface area contributed by atoms with E-state index >= 15 is 0 Å². The lowest BCUT2D eigenvalue weighted by molar-refractivity contribution is 0.923. The second-order valence-corrected chi connectivity index (χ2v) is 6.25. The molecule has 1 unspecified atom stereocenters. The van der Waals surface area contributed by atoms with Crippen LogP contribution in [0.25, 0.3) is 0 Å². The van der Waals surface area contributed by atoms with Crippen molar-refractivity contribution in [1.29, 1.82) is 0 Å². The number of hydrogen-bond acceptors (Lipinski definition) is 3. The molecular formula is C15H17ClN2S. The first-order valence-electron chi connectivity index (χ1n) is 6.22. The fourth-order valence-electron chi connectivity index (χ4n) is 1.84. The first-order chi connectivity index (χ1) is 9.06. The predicted octanol–water partition coefficient (Wildman–Crippen LogP) is 4.69. The maximum Gasteiger partial charge on any atom is 0.138 e. The van der Waals surface area contributed by atoms with Crippen molar-refractivity contribution in [1.82, 2.24) is 9.97 Å². The van der Waals surface area contributed by atoms with Gasteiger partial charge in [-0.25, -0.2) is 9.97 Å². The molecule has 0 aliphatic heterocycles. The largest absolute Gasteiger partial charge is 0.240 e. The van der Waals surface area contributed by atoms with E-state index in [2.05, 4.69) is 41.2 Å². The highest BCUT2D eigenvalue weighted by molar-refractivity contribution is 7.98. The van der Waals surface area contributed by atoms with Crippen LogP contribution in [0, 0.1) is 13.8 Å². The molecule has 0 amide bonds. The second kappa shape index (κ2) is 6.40. The summed E-state index contributed by atoms with van der Waals surface area (Å²) in [5.74, 6) is 1.63. The standard InChI is InChI=1S/C15H17ClN2S/c1-10-5-4-6-13(7-10)19-9-15-17-8-14(11(2)16)12(3)18-15/h4-8,11H,9H2,1-3H3. The van der Waals surface area contributed by atoms with Gasteiger partial charge in [-0.05, 0) is 32.9 Å². The highest BCUT2D eigenvalue weighted by Gasteiger charge is 2.08. The summed E-state index contributed by atoms with van der Waals surface area (Å²) in [7, 11) is 0. The third-order valence-corrected chi connectivity index (χ3v) is 4.08. The lowest BCUT2D eigenvalue weighted by Gasteiger charge is -2.08. The molecule has 0 aliphatic carbocycles. The fourth-order valence-corrected chi connectivity index (χ4v) is 2.93. The molecule has 2 aromatic rings. The van der Waals surface area contributed by atoms with Crippen LogP contribution in [0.5, 0.6) is 0 Å². The van der Waals surface area contributed by atoms with Crippen LogP contribution in [-0.2, 0) is 5.75 Å². The lowest BCUT2D eigenvalue weighted by Crippen LogP contribution is -2.00. The topological polar surface area (TPSA) is 25.8 Å². The van der Waals surface area contributed by atoms with Gasteiger partial charge in [0, 0.05) is 22.3 Å². The van der Waals surface area contributed by atoms with E-state index in [4.69, 9.17) is 11.6 Å². The third kappa shape index (κ3) is 3.95. The maximum atomic E-state index is 6.07. The zero-order chi connectivity index (χ0) is 13.8. The lowest BCUT2D eigenvalue weighted by atomic mass is 10.2. The number of aromatic nitrogens is 2. The van der Waals surface area contributed by atoms with Crippen molar-refractivity contribution < 1.29 is 0 Å². The van der Waals surface area contributed by atoms with E-state index in [1.54, 1.807) is 11.8 Å². The molecule has 1 aromatic carbocycles. The number of aryl methyl sites for hydroxylation is 2.